The third kappa shape index (κ3) is 8.27. The Balaban J connectivity index is 1.12. The van der Waals surface area contributed by atoms with Gasteiger partial charge in [0, 0.05) is 62.2 Å². The first kappa shape index (κ1) is 26.6. The van der Waals surface area contributed by atoms with Crippen molar-refractivity contribution in [2.75, 3.05) is 0 Å². The van der Waals surface area contributed by atoms with Gasteiger partial charge in [-0.3, -0.25) is 4.57 Å². The van der Waals surface area contributed by atoms with Crippen molar-refractivity contribution < 1.29 is 53.2 Å². The van der Waals surface area contributed by atoms with E-state index in [1.807, 2.05) is 30.3 Å². The predicted octanol–water partition coefficient (Wildman–Crippen LogP) is 16.2. The van der Waals surface area contributed by atoms with Gasteiger partial charge in [0.25, 0.3) is 6.33 Å². The Bertz CT molecular complexity index is 6240. The van der Waals surface area contributed by atoms with Crippen molar-refractivity contribution in [1.82, 2.24) is 14.1 Å². The lowest BCUT2D eigenvalue weighted by Crippen LogP contribution is -2.74. The molecule has 6 heteroatoms. The average molecular weight is 1120 g/mol. The average Bonchev–Trinajstić information content (AvgIpc) is 1.68. The maximum Gasteiger partial charge on any atom is 0.255 e. The molecular formula is C77H59N4OSi+. The van der Waals surface area contributed by atoms with Gasteiger partial charge < -0.3 is 4.74 Å². The maximum absolute atomic E-state index is 9.93. The molecule has 0 atom stereocenters. The van der Waals surface area contributed by atoms with E-state index >= 15 is 0 Å². The van der Waals surface area contributed by atoms with Crippen LogP contribution in [0.2, 0.25) is 0 Å². The Kier molecular flexibility index (Phi) is 6.36. The Morgan fingerprint density at radius 2 is 1.12 bits per heavy atom. The molecule has 0 spiro atoms. The van der Waals surface area contributed by atoms with E-state index in [2.05, 4.69) is 4.98 Å². The molecule has 0 unspecified atom stereocenters. The second-order valence-corrected chi connectivity index (χ2v) is 23.4. The zero-order chi connectivity index (χ0) is 83.2. The summed E-state index contributed by atoms with van der Waals surface area (Å²) >= 11 is 0. The molecule has 0 fully saturated rings. The van der Waals surface area contributed by atoms with Crippen molar-refractivity contribution in [3.05, 3.63) is 296 Å². The molecule has 396 valence electrons. The van der Waals surface area contributed by atoms with E-state index in [4.69, 9.17) is 17.1 Å². The van der Waals surface area contributed by atoms with Crippen LogP contribution in [0.3, 0.4) is 0 Å². The van der Waals surface area contributed by atoms with Crippen molar-refractivity contribution >= 4 is 61.7 Å². The van der Waals surface area contributed by atoms with Crippen LogP contribution in [-0.4, -0.2) is 22.2 Å². The predicted molar refractivity (Wildman–Crippen MR) is 346 cm³/mol. The third-order valence-corrected chi connectivity index (χ3v) is 19.3. The number of pyridine rings is 1. The van der Waals surface area contributed by atoms with Gasteiger partial charge in [0.15, 0.2) is 19.1 Å². The molecule has 14 aromatic rings. The van der Waals surface area contributed by atoms with Crippen LogP contribution >= 0.6 is 0 Å². The van der Waals surface area contributed by atoms with Crippen molar-refractivity contribution in [3.63, 3.8) is 0 Å². The smallest absolute Gasteiger partial charge is 0.255 e. The number of hydrogen-bond donors (Lipinski definition) is 0. The fraction of sp³-hybridized carbons (Fsp3) is 0.0649. The Labute approximate surface area is 530 Å². The third-order valence-electron chi connectivity index (χ3n) is 15.1. The zero-order valence-electron chi connectivity index (χ0n) is 75.3. The summed E-state index contributed by atoms with van der Waals surface area (Å²) in [6.45, 7) is -14.7. The van der Waals surface area contributed by atoms with Gasteiger partial charge in [0.2, 0.25) is 0 Å². The lowest BCUT2D eigenvalue weighted by atomic mass is 9.82. The molecule has 0 saturated carbocycles. The number of hydrogen-bond acceptors (Lipinski definition) is 2. The highest BCUT2D eigenvalue weighted by atomic mass is 28.3. The molecule has 1 aliphatic heterocycles. The van der Waals surface area contributed by atoms with Gasteiger partial charge in [-0.05, 0) is 127 Å². The van der Waals surface area contributed by atoms with Gasteiger partial charge in [-0.2, -0.15) is 9.13 Å². The Hall–Kier alpha value is -10.1. The van der Waals surface area contributed by atoms with E-state index in [1.165, 1.54) is 76.3 Å². The van der Waals surface area contributed by atoms with Crippen LogP contribution in [0.1, 0.15) is 75.5 Å². The molecule has 3 aromatic heterocycles. The topological polar surface area (TPSA) is 35.9 Å². The molecule has 15 rings (SSSR count). The van der Waals surface area contributed by atoms with Crippen LogP contribution in [0.4, 0.5) is 0 Å². The molecule has 4 heterocycles. The second kappa shape index (κ2) is 19.8. The quantitative estimate of drug-likeness (QED) is 0.0820. The molecule has 0 bridgehead atoms. The minimum absolute atomic E-state index is 0.0219. The molecule has 0 aliphatic carbocycles. The number of rotatable bonds is 9. The standard InChI is InChI=1S/C77H59N4OSi/c1-52-43-44-78-74(45-52)81-71-38-20-19-35-65(71)66-41-39-57(49-72(66)81)82-56-26-21-25-55(48-56)79-51-80-75-67(36-22-37-70(75)77(2,3)4)68-50-61(83(58-27-11-6-12-28-58,59-29-13-7-14-30-59)60-31-15-8-16-32-60)40-42-64(68)62-33-17-18-34-63(62)69-46-54(47-73(79)76(69)80)53-23-9-5-10-24-53/h5-51H,1-4H3/q+1/i1D3,2D3,3D3,4D3,5D,6D,7D,8D,9D,10D,11D,12D,13D,14D,15D,16D,23D,24D,27D,28D,29D,30D,31D,32D. The van der Waals surface area contributed by atoms with E-state index in [0.717, 1.165) is 16.8 Å². The Morgan fingerprint density at radius 3 is 1.84 bits per heavy atom. The first-order valence-electron chi connectivity index (χ1n) is 42.0. The fourth-order valence-corrected chi connectivity index (χ4v) is 15.5. The molecule has 11 aromatic carbocycles. The number of imidazole rings is 1. The maximum atomic E-state index is 9.93. The van der Waals surface area contributed by atoms with Crippen molar-refractivity contribution in [1.29, 1.82) is 0 Å². The summed E-state index contributed by atoms with van der Waals surface area (Å²) in [5.41, 5.74) is -4.47. The van der Waals surface area contributed by atoms with Crippen molar-refractivity contribution in [2.24, 2.45) is 0 Å². The van der Waals surface area contributed by atoms with Gasteiger partial charge in [-0.1, -0.05) is 226 Å². The number of ether oxygens (including phenoxy) is 1. The number of benzene rings is 11. The minimum Gasteiger partial charge on any atom is -0.457 e. The van der Waals surface area contributed by atoms with E-state index < -0.39 is 194 Å². The van der Waals surface area contributed by atoms with E-state index in [1.54, 1.807) is 65.2 Å². The summed E-state index contributed by atoms with van der Waals surface area (Å²) in [4.78, 5) is 4.59. The molecule has 0 saturated heterocycles. The minimum atomic E-state index is -6.07. The molecule has 0 N–H and O–H groups in total. The van der Waals surface area contributed by atoms with Gasteiger partial charge in [-0.15, -0.1) is 0 Å². The summed E-state index contributed by atoms with van der Waals surface area (Å²) in [5.74, 6) is 0.646. The molecule has 5 nitrogen and oxygen atoms in total. The summed E-state index contributed by atoms with van der Waals surface area (Å²) < 4.78 is 308. The normalized spacial score (nSPS) is 18.2. The molecule has 0 radical (unpaired) electrons. The number of nitrogens with zero attached hydrogens (tertiary/aromatic N) is 4. The summed E-state index contributed by atoms with van der Waals surface area (Å²) in [6, 6.07) is 18.9. The van der Waals surface area contributed by atoms with Crippen LogP contribution in [0.25, 0.3) is 94.5 Å². The van der Waals surface area contributed by atoms with Crippen molar-refractivity contribution in [2.45, 2.75) is 32.8 Å². The SMILES string of the molecule is [2H]c1c([2H])c([2H])c(-c2cc3c4c(c2)n(-c2cccc(Oc5ccc6c7ccccc7n(-c7cc(C([2H])([2H])[2H])ccn7)c6c5)c2)c[n+]4-c2c(cccc2C(C([2H])([2H])[2H])(C([2H])([2H])[2H])C([2H])([2H])[2H])-c2cc([Si](c4c([2H])c([2H])c([2H])c([2H])c4[2H])(c4c([2H])c([2H])c([2H])c([2H])c4[2H])c4c([2H])c([2H])c([2H])c([2H])c4[2H])ccc2-c2ccccc2-3)c([2H])c1[2H]. The van der Waals surface area contributed by atoms with Crippen LogP contribution in [0.5, 0.6) is 11.5 Å². The lowest BCUT2D eigenvalue weighted by molar-refractivity contribution is -0.567. The number of aromatic nitrogens is 4. The van der Waals surface area contributed by atoms with Gasteiger partial charge in [0.1, 0.15) is 28.7 Å². The van der Waals surface area contributed by atoms with Gasteiger partial charge >= 0.3 is 0 Å². The van der Waals surface area contributed by atoms with Crippen molar-refractivity contribution in [3.8, 4) is 73.2 Å². The monoisotopic (exact) mass is 1120 g/mol. The van der Waals surface area contributed by atoms with Gasteiger partial charge in [0.05, 0.1) is 38.4 Å². The first-order valence-corrected chi connectivity index (χ1v) is 28.0. The zero-order valence-corrected chi connectivity index (χ0v) is 44.3. The number of para-hydroxylation sites is 2. The summed E-state index contributed by atoms with van der Waals surface area (Å²) in [7, 11) is -6.07. The van der Waals surface area contributed by atoms with E-state index in [0.29, 0.717) is 11.0 Å². The summed E-state index contributed by atoms with van der Waals surface area (Å²) in [6.07, 6.45) is 2.76. The fourth-order valence-electron chi connectivity index (χ4n) is 11.7. The van der Waals surface area contributed by atoms with E-state index in [9.17, 15) is 31.5 Å². The van der Waals surface area contributed by atoms with Gasteiger partial charge in [-0.25, -0.2) is 4.98 Å². The molecule has 83 heavy (non-hydrogen) atoms. The molecule has 0 amide bonds. The van der Waals surface area contributed by atoms with Crippen LogP contribution in [-0.2, 0) is 5.41 Å². The number of aryl methyl sites for hydroxylation is 1. The molecule has 1 aliphatic rings. The summed E-state index contributed by atoms with van der Waals surface area (Å²) in [5, 5.41) is -1.58. The first-order chi connectivity index (χ1) is 53.9. The largest absolute Gasteiger partial charge is 0.457 e. The highest BCUT2D eigenvalue weighted by Gasteiger charge is 2.43. The highest BCUT2D eigenvalue weighted by Crippen LogP contribution is 2.47. The second-order valence-electron chi connectivity index (χ2n) is 19.8. The Morgan fingerprint density at radius 1 is 0.482 bits per heavy atom. The highest BCUT2D eigenvalue weighted by molar-refractivity contribution is 7.20. The molecular weight excluding hydrogens is 1020 g/mol. The van der Waals surface area contributed by atoms with Crippen LogP contribution in [0, 0.1) is 6.85 Å². The number of fused-ring (bicyclic) bond motifs is 10. The van der Waals surface area contributed by atoms with Crippen LogP contribution < -0.4 is 30.1 Å². The lowest BCUT2D eigenvalue weighted by Gasteiger charge is -2.35. The van der Waals surface area contributed by atoms with Crippen LogP contribution in [0.15, 0.2) is 285 Å². The van der Waals surface area contributed by atoms with E-state index in [-0.39, 0.29) is 84.1 Å².